The Labute approximate surface area is 157 Å². The molecule has 1 aliphatic rings. The minimum Gasteiger partial charge on any atom is -0.350 e. The van der Waals surface area contributed by atoms with Crippen LogP contribution in [0.5, 0.6) is 0 Å². The van der Waals surface area contributed by atoms with Gasteiger partial charge in [0.1, 0.15) is 5.69 Å². The summed E-state index contributed by atoms with van der Waals surface area (Å²) in [7, 11) is 2.05. The number of amides is 1. The van der Waals surface area contributed by atoms with E-state index in [9.17, 15) is 4.79 Å². The van der Waals surface area contributed by atoms with Gasteiger partial charge in [0.05, 0.1) is 11.6 Å². The predicted octanol–water partition coefficient (Wildman–Crippen LogP) is 3.16. The summed E-state index contributed by atoms with van der Waals surface area (Å²) in [6.45, 7) is 2.07. The molecule has 1 saturated heterocycles. The normalized spacial score (nSPS) is 16.8. The summed E-state index contributed by atoms with van der Waals surface area (Å²) in [5.74, 6) is 0.172. The number of rotatable bonds is 3. The first-order valence-corrected chi connectivity index (χ1v) is 9.13. The minimum absolute atomic E-state index is 0.235. The van der Waals surface area contributed by atoms with Crippen LogP contribution in [0.1, 0.15) is 40.4 Å². The second-order valence-corrected chi connectivity index (χ2v) is 6.97. The number of piperidine rings is 1. The molecule has 0 radical (unpaired) electrons. The van der Waals surface area contributed by atoms with Gasteiger partial charge in [0.2, 0.25) is 0 Å². The van der Waals surface area contributed by atoms with Gasteiger partial charge in [-0.1, -0.05) is 0 Å². The number of nitrogens with one attached hydrogen (secondary N) is 2. The summed E-state index contributed by atoms with van der Waals surface area (Å²) >= 11 is 0. The zero-order chi connectivity index (χ0) is 18.8. The lowest BCUT2D eigenvalue weighted by atomic mass is 9.91. The second kappa shape index (κ2) is 7.22. The summed E-state index contributed by atoms with van der Waals surface area (Å²) in [4.78, 5) is 16.6. The minimum atomic E-state index is -0.316. The van der Waals surface area contributed by atoms with Crippen molar-refractivity contribution in [2.45, 2.75) is 18.8 Å². The van der Waals surface area contributed by atoms with E-state index in [1.807, 2.05) is 24.3 Å². The lowest BCUT2D eigenvalue weighted by Crippen LogP contribution is -2.28. The Bertz CT molecular complexity index is 1040. The van der Waals surface area contributed by atoms with Crippen LogP contribution in [0.2, 0.25) is 0 Å². The van der Waals surface area contributed by atoms with E-state index in [1.54, 1.807) is 6.07 Å². The lowest BCUT2D eigenvalue weighted by Gasteiger charge is -2.22. The number of anilines is 1. The topological polar surface area (TPSA) is 82.7 Å². The first kappa shape index (κ1) is 17.3. The van der Waals surface area contributed by atoms with Gasteiger partial charge in [-0.3, -0.25) is 9.78 Å². The van der Waals surface area contributed by atoms with E-state index < -0.39 is 0 Å². The molecule has 2 aromatic heterocycles. The van der Waals surface area contributed by atoms with Crippen LogP contribution in [0.4, 0.5) is 5.69 Å². The zero-order valence-electron chi connectivity index (χ0n) is 15.2. The first-order chi connectivity index (χ1) is 13.2. The molecule has 1 aliphatic heterocycles. The third kappa shape index (κ3) is 3.42. The molecule has 1 atom stereocenters. The Balaban J connectivity index is 1.64. The largest absolute Gasteiger partial charge is 0.350 e. The van der Waals surface area contributed by atoms with Crippen molar-refractivity contribution in [3.8, 4) is 6.07 Å². The highest BCUT2D eigenvalue weighted by atomic mass is 16.1. The van der Waals surface area contributed by atoms with Gasteiger partial charge < -0.3 is 15.2 Å². The quantitative estimate of drug-likeness (QED) is 0.752. The molecule has 0 spiro atoms. The molecule has 6 nitrogen and oxygen atoms in total. The number of nitriles is 1. The van der Waals surface area contributed by atoms with Crippen molar-refractivity contribution in [3.05, 3.63) is 59.5 Å². The summed E-state index contributed by atoms with van der Waals surface area (Å²) < 4.78 is 2.14. The highest BCUT2D eigenvalue weighted by Gasteiger charge is 2.20. The van der Waals surface area contributed by atoms with Crippen molar-refractivity contribution in [1.29, 1.82) is 5.26 Å². The van der Waals surface area contributed by atoms with Crippen molar-refractivity contribution in [1.82, 2.24) is 14.9 Å². The number of hydrogen-bond donors (Lipinski definition) is 2. The maximum Gasteiger partial charge on any atom is 0.274 e. The lowest BCUT2D eigenvalue weighted by molar-refractivity contribution is 0.102. The number of fused-ring (bicyclic) bond motifs is 1. The van der Waals surface area contributed by atoms with E-state index in [4.69, 9.17) is 5.26 Å². The fourth-order valence-corrected chi connectivity index (χ4v) is 3.76. The Hall–Kier alpha value is -3.17. The molecule has 0 aliphatic carbocycles. The average Bonchev–Trinajstić information content (AvgIpc) is 3.04. The monoisotopic (exact) mass is 359 g/mol. The maximum atomic E-state index is 12.5. The molecule has 3 heterocycles. The number of hydrogen-bond acceptors (Lipinski definition) is 4. The van der Waals surface area contributed by atoms with Crippen molar-refractivity contribution in [2.24, 2.45) is 7.05 Å². The smallest absolute Gasteiger partial charge is 0.274 e. The van der Waals surface area contributed by atoms with E-state index in [0.29, 0.717) is 11.5 Å². The van der Waals surface area contributed by atoms with Crippen LogP contribution >= 0.6 is 0 Å². The van der Waals surface area contributed by atoms with Crippen LogP contribution in [0.15, 0.2) is 42.7 Å². The van der Waals surface area contributed by atoms with Crippen molar-refractivity contribution >= 4 is 22.5 Å². The molecule has 0 unspecified atom stereocenters. The van der Waals surface area contributed by atoms with Crippen molar-refractivity contribution in [2.75, 3.05) is 18.4 Å². The summed E-state index contributed by atoms with van der Waals surface area (Å²) in [6.07, 6.45) is 6.03. The van der Waals surface area contributed by atoms with Crippen LogP contribution in [0, 0.1) is 11.3 Å². The van der Waals surface area contributed by atoms with Gasteiger partial charge in [-0.05, 0) is 61.2 Å². The molecule has 27 heavy (non-hydrogen) atoms. The zero-order valence-corrected chi connectivity index (χ0v) is 15.2. The molecule has 3 aromatic rings. The molecule has 1 fully saturated rings. The van der Waals surface area contributed by atoms with Crippen molar-refractivity contribution < 1.29 is 4.79 Å². The maximum absolute atomic E-state index is 12.5. The third-order valence-corrected chi connectivity index (χ3v) is 5.14. The van der Waals surface area contributed by atoms with Crippen LogP contribution in [0.25, 0.3) is 10.9 Å². The molecule has 136 valence electrons. The van der Waals surface area contributed by atoms with E-state index >= 15 is 0 Å². The molecular weight excluding hydrogens is 338 g/mol. The van der Waals surface area contributed by atoms with E-state index in [1.165, 1.54) is 36.1 Å². The summed E-state index contributed by atoms with van der Waals surface area (Å²) in [5, 5.41) is 16.5. The molecule has 0 saturated carbocycles. The molecule has 2 N–H and O–H groups in total. The number of aromatic nitrogens is 2. The number of nitrogens with zero attached hydrogens (tertiary/aromatic N) is 3. The molecule has 6 heteroatoms. The van der Waals surface area contributed by atoms with E-state index in [2.05, 4.69) is 33.4 Å². The molecule has 0 bridgehead atoms. The molecular formula is C21H21N5O. The van der Waals surface area contributed by atoms with Crippen LogP contribution in [-0.2, 0) is 7.05 Å². The van der Waals surface area contributed by atoms with Gasteiger partial charge in [0.15, 0.2) is 0 Å². The van der Waals surface area contributed by atoms with Crippen molar-refractivity contribution in [3.63, 3.8) is 0 Å². The van der Waals surface area contributed by atoms with Gasteiger partial charge in [-0.2, -0.15) is 5.26 Å². The summed E-state index contributed by atoms with van der Waals surface area (Å²) in [6, 6.07) is 11.1. The van der Waals surface area contributed by atoms with Gasteiger partial charge in [0.25, 0.3) is 5.91 Å². The number of carbonyl (C=O) groups excluding carboxylic acids is 1. The molecule has 1 amide bonds. The van der Waals surface area contributed by atoms with Crippen LogP contribution in [-0.4, -0.2) is 28.5 Å². The van der Waals surface area contributed by atoms with Gasteiger partial charge in [-0.15, -0.1) is 0 Å². The second-order valence-electron chi connectivity index (χ2n) is 6.97. The Morgan fingerprint density at radius 2 is 2.26 bits per heavy atom. The molecule has 1 aromatic carbocycles. The predicted molar refractivity (Wildman–Crippen MR) is 105 cm³/mol. The van der Waals surface area contributed by atoms with Crippen LogP contribution < -0.4 is 10.6 Å². The number of pyridine rings is 1. The highest BCUT2D eigenvalue weighted by Crippen LogP contribution is 2.32. The highest BCUT2D eigenvalue weighted by molar-refractivity contribution is 6.04. The SMILES string of the molecule is Cn1cc([C@@H]2CCCNC2)c2cc(NC(=O)c3cc(C#N)ccn3)ccc21. The first-order valence-electron chi connectivity index (χ1n) is 9.13. The number of carbonyl (C=O) groups is 1. The van der Waals surface area contributed by atoms with E-state index in [-0.39, 0.29) is 11.6 Å². The molecule has 4 rings (SSSR count). The Morgan fingerprint density at radius 1 is 1.37 bits per heavy atom. The Kier molecular flexibility index (Phi) is 4.61. The standard InChI is InChI=1S/C21H21N5O/c1-26-13-18(15-3-2-7-23-12-15)17-10-16(4-5-20(17)26)25-21(27)19-9-14(11-22)6-8-24-19/h4-6,8-10,13,15,23H,2-3,7,12H2,1H3,(H,25,27)/t15-/m1/s1. The fraction of sp³-hybridized carbons (Fsp3) is 0.286. The van der Waals surface area contributed by atoms with Gasteiger partial charge >= 0.3 is 0 Å². The Morgan fingerprint density at radius 3 is 3.04 bits per heavy atom. The number of benzene rings is 1. The third-order valence-electron chi connectivity index (χ3n) is 5.14. The van der Waals surface area contributed by atoms with E-state index in [0.717, 1.165) is 24.3 Å². The van der Waals surface area contributed by atoms with Crippen LogP contribution in [0.3, 0.4) is 0 Å². The van der Waals surface area contributed by atoms with Gasteiger partial charge in [0, 0.05) is 42.6 Å². The average molecular weight is 359 g/mol. The number of aryl methyl sites for hydroxylation is 1. The summed E-state index contributed by atoms with van der Waals surface area (Å²) in [5.41, 5.74) is 3.85. The fourth-order valence-electron chi connectivity index (χ4n) is 3.76. The van der Waals surface area contributed by atoms with Gasteiger partial charge in [-0.25, -0.2) is 0 Å².